The van der Waals surface area contributed by atoms with Gasteiger partial charge < -0.3 is 15.7 Å². The number of carboxylic acids is 1. The molecule has 0 aliphatic heterocycles. The zero-order chi connectivity index (χ0) is 15.9. The molecule has 0 spiro atoms. The van der Waals surface area contributed by atoms with Gasteiger partial charge in [0.1, 0.15) is 6.54 Å². The van der Waals surface area contributed by atoms with Crippen LogP contribution in [0.3, 0.4) is 0 Å². The first-order valence-electron chi connectivity index (χ1n) is 6.66. The molecular weight excluding hydrogens is 284 g/mol. The minimum absolute atomic E-state index is 0.204. The summed E-state index contributed by atoms with van der Waals surface area (Å²) in [5.74, 6) is -1.23. The third kappa shape index (κ3) is 4.55. The van der Waals surface area contributed by atoms with E-state index in [1.54, 1.807) is 36.7 Å². The van der Waals surface area contributed by atoms with Crippen molar-refractivity contribution < 1.29 is 14.7 Å². The number of nitrogens with one attached hydrogen (secondary N) is 2. The van der Waals surface area contributed by atoms with Gasteiger partial charge in [0, 0.05) is 17.4 Å². The number of nitrogens with zero attached hydrogens (tertiary/aromatic N) is 2. The van der Waals surface area contributed by atoms with Crippen LogP contribution in [0.15, 0.2) is 36.7 Å². The van der Waals surface area contributed by atoms with Crippen molar-refractivity contribution in [2.24, 2.45) is 0 Å². The number of carbonyl (C=O) groups is 2. The maximum atomic E-state index is 12.1. The number of aryl methyl sites for hydroxylation is 1. The van der Waals surface area contributed by atoms with E-state index in [-0.39, 0.29) is 19.0 Å². The minimum Gasteiger partial charge on any atom is -0.480 e. The van der Waals surface area contributed by atoms with E-state index < -0.39 is 5.97 Å². The molecule has 114 valence electrons. The van der Waals surface area contributed by atoms with Crippen LogP contribution in [0.2, 0.25) is 0 Å². The van der Waals surface area contributed by atoms with Crippen molar-refractivity contribution in [1.29, 1.82) is 0 Å². The quantitative estimate of drug-likeness (QED) is 0.741. The third-order valence-electron chi connectivity index (χ3n) is 2.83. The third-order valence-corrected chi connectivity index (χ3v) is 2.83. The molecule has 0 aliphatic carbocycles. The summed E-state index contributed by atoms with van der Waals surface area (Å²) in [5, 5.41) is 14.1. The fourth-order valence-electron chi connectivity index (χ4n) is 1.73. The molecule has 2 rings (SSSR count). The summed E-state index contributed by atoms with van der Waals surface area (Å²) in [6.45, 7) is 1.91. The Kier molecular flexibility index (Phi) is 5.02. The maximum Gasteiger partial charge on any atom is 0.322 e. The van der Waals surface area contributed by atoms with Crippen LogP contribution < -0.4 is 10.6 Å². The van der Waals surface area contributed by atoms with Gasteiger partial charge in [-0.2, -0.15) is 0 Å². The summed E-state index contributed by atoms with van der Waals surface area (Å²) in [4.78, 5) is 30.9. The van der Waals surface area contributed by atoms with E-state index in [4.69, 9.17) is 5.11 Å². The number of aliphatic carboxylic acids is 1. The molecule has 0 atom stereocenters. The van der Waals surface area contributed by atoms with E-state index in [9.17, 15) is 9.59 Å². The molecule has 1 aromatic carbocycles. The number of amides is 1. The van der Waals surface area contributed by atoms with Gasteiger partial charge >= 0.3 is 5.97 Å². The standard InChI is InChI=1S/C15H16N4O3/c1-10-6-17-13(7-16-10)8-19-15(22)11-3-2-4-12(5-11)18-9-14(20)21/h2-7,18H,8-9H2,1H3,(H,19,22)(H,20,21). The van der Waals surface area contributed by atoms with Crippen molar-refractivity contribution in [2.45, 2.75) is 13.5 Å². The van der Waals surface area contributed by atoms with Gasteiger partial charge in [-0.1, -0.05) is 6.07 Å². The van der Waals surface area contributed by atoms with Crippen molar-refractivity contribution >= 4 is 17.6 Å². The van der Waals surface area contributed by atoms with Crippen LogP contribution in [0.25, 0.3) is 0 Å². The van der Waals surface area contributed by atoms with Crippen LogP contribution in [0.5, 0.6) is 0 Å². The number of aromatic nitrogens is 2. The van der Waals surface area contributed by atoms with Crippen molar-refractivity contribution in [1.82, 2.24) is 15.3 Å². The van der Waals surface area contributed by atoms with Gasteiger partial charge in [-0.3, -0.25) is 19.6 Å². The molecule has 0 aliphatic rings. The van der Waals surface area contributed by atoms with E-state index in [1.807, 2.05) is 6.92 Å². The fraction of sp³-hybridized carbons (Fsp3) is 0.200. The van der Waals surface area contributed by atoms with Crippen molar-refractivity contribution in [3.05, 3.63) is 53.6 Å². The summed E-state index contributed by atoms with van der Waals surface area (Å²) in [6.07, 6.45) is 3.25. The Morgan fingerprint density at radius 2 is 2.05 bits per heavy atom. The maximum absolute atomic E-state index is 12.1. The summed E-state index contributed by atoms with van der Waals surface area (Å²) >= 11 is 0. The van der Waals surface area contributed by atoms with Gasteiger partial charge in [-0.05, 0) is 25.1 Å². The monoisotopic (exact) mass is 300 g/mol. The molecule has 0 saturated carbocycles. The molecular formula is C15H16N4O3. The second-order valence-electron chi connectivity index (χ2n) is 4.66. The SMILES string of the molecule is Cc1cnc(CNC(=O)c2cccc(NCC(=O)O)c2)cn1. The number of anilines is 1. The highest BCUT2D eigenvalue weighted by Crippen LogP contribution is 2.10. The summed E-state index contributed by atoms with van der Waals surface area (Å²) in [6, 6.07) is 6.64. The summed E-state index contributed by atoms with van der Waals surface area (Å²) in [5.41, 5.74) is 2.49. The lowest BCUT2D eigenvalue weighted by molar-refractivity contribution is -0.134. The predicted octanol–water partition coefficient (Wildman–Crippen LogP) is 1.21. The van der Waals surface area contributed by atoms with Crippen LogP contribution in [-0.2, 0) is 11.3 Å². The van der Waals surface area contributed by atoms with Crippen LogP contribution in [-0.4, -0.2) is 33.5 Å². The molecule has 3 N–H and O–H groups in total. The zero-order valence-electron chi connectivity index (χ0n) is 12.0. The van der Waals surface area contributed by atoms with Crippen LogP contribution in [0.1, 0.15) is 21.7 Å². The Balaban J connectivity index is 1.95. The number of carboxylic acid groups (broad SMARTS) is 1. The van der Waals surface area contributed by atoms with Crippen LogP contribution >= 0.6 is 0 Å². The summed E-state index contributed by atoms with van der Waals surface area (Å²) < 4.78 is 0. The fourth-order valence-corrected chi connectivity index (χ4v) is 1.73. The normalized spacial score (nSPS) is 10.0. The van der Waals surface area contributed by atoms with Gasteiger partial charge in [-0.25, -0.2) is 0 Å². The van der Waals surface area contributed by atoms with E-state index in [1.165, 1.54) is 0 Å². The molecule has 0 radical (unpaired) electrons. The average Bonchev–Trinajstić information content (AvgIpc) is 2.52. The number of carbonyl (C=O) groups excluding carboxylic acids is 1. The highest BCUT2D eigenvalue weighted by Gasteiger charge is 2.07. The molecule has 1 aromatic heterocycles. The van der Waals surface area contributed by atoms with Crippen molar-refractivity contribution in [2.75, 3.05) is 11.9 Å². The summed E-state index contributed by atoms with van der Waals surface area (Å²) in [7, 11) is 0. The molecule has 0 unspecified atom stereocenters. The van der Waals surface area contributed by atoms with E-state index in [0.717, 1.165) is 5.69 Å². The van der Waals surface area contributed by atoms with Gasteiger partial charge in [0.05, 0.1) is 24.1 Å². The van der Waals surface area contributed by atoms with Crippen molar-refractivity contribution in [3.63, 3.8) is 0 Å². The first-order valence-corrected chi connectivity index (χ1v) is 6.66. The Bertz CT molecular complexity index is 671. The number of hydrogen-bond donors (Lipinski definition) is 3. The second-order valence-corrected chi connectivity index (χ2v) is 4.66. The molecule has 7 heteroatoms. The smallest absolute Gasteiger partial charge is 0.322 e. The first kappa shape index (κ1) is 15.4. The Morgan fingerprint density at radius 3 is 2.73 bits per heavy atom. The number of hydrogen-bond acceptors (Lipinski definition) is 5. The van der Waals surface area contributed by atoms with Crippen LogP contribution in [0, 0.1) is 6.92 Å². The van der Waals surface area contributed by atoms with Gasteiger partial charge in [0.25, 0.3) is 5.91 Å². The predicted molar refractivity (Wildman–Crippen MR) is 80.5 cm³/mol. The topological polar surface area (TPSA) is 104 Å². The van der Waals surface area contributed by atoms with Gasteiger partial charge in [0.2, 0.25) is 0 Å². The average molecular weight is 300 g/mol. The van der Waals surface area contributed by atoms with Gasteiger partial charge in [0.15, 0.2) is 0 Å². The van der Waals surface area contributed by atoms with Crippen LogP contribution in [0.4, 0.5) is 5.69 Å². The van der Waals surface area contributed by atoms with E-state index in [0.29, 0.717) is 16.9 Å². The van der Waals surface area contributed by atoms with Gasteiger partial charge in [-0.15, -0.1) is 0 Å². The Morgan fingerprint density at radius 1 is 1.23 bits per heavy atom. The Hall–Kier alpha value is -2.96. The molecule has 2 aromatic rings. The lowest BCUT2D eigenvalue weighted by atomic mass is 10.2. The number of rotatable bonds is 6. The number of benzene rings is 1. The van der Waals surface area contributed by atoms with E-state index >= 15 is 0 Å². The highest BCUT2D eigenvalue weighted by atomic mass is 16.4. The zero-order valence-corrected chi connectivity index (χ0v) is 12.0. The molecule has 1 amide bonds. The molecule has 7 nitrogen and oxygen atoms in total. The minimum atomic E-state index is -0.965. The highest BCUT2D eigenvalue weighted by molar-refractivity contribution is 5.95. The van der Waals surface area contributed by atoms with Crippen molar-refractivity contribution in [3.8, 4) is 0 Å². The lowest BCUT2D eigenvalue weighted by Gasteiger charge is -2.07. The van der Waals surface area contributed by atoms with E-state index in [2.05, 4.69) is 20.6 Å². The largest absolute Gasteiger partial charge is 0.480 e. The molecule has 0 bridgehead atoms. The molecule has 0 saturated heterocycles. The molecule has 1 heterocycles. The first-order chi connectivity index (χ1) is 10.5. The second kappa shape index (κ2) is 7.16. The molecule has 22 heavy (non-hydrogen) atoms. The lowest BCUT2D eigenvalue weighted by Crippen LogP contribution is -2.23. The Labute approximate surface area is 127 Å². The molecule has 0 fully saturated rings.